The summed E-state index contributed by atoms with van der Waals surface area (Å²) >= 11 is 12.2. The van der Waals surface area contributed by atoms with Crippen LogP contribution in [0.4, 0.5) is 5.69 Å². The molecular weight excluding hydrogens is 447 g/mol. The van der Waals surface area contributed by atoms with E-state index in [1.807, 2.05) is 30.3 Å². The van der Waals surface area contributed by atoms with Crippen molar-refractivity contribution in [2.45, 2.75) is 6.42 Å². The van der Waals surface area contributed by atoms with Crippen LogP contribution in [0.2, 0.25) is 10.0 Å². The summed E-state index contributed by atoms with van der Waals surface area (Å²) in [7, 11) is 1.52. The van der Waals surface area contributed by atoms with Gasteiger partial charge in [0.05, 0.1) is 18.4 Å². The fourth-order valence-corrected chi connectivity index (χ4v) is 3.88. The third-order valence-electron chi connectivity index (χ3n) is 5.19. The first-order valence-electron chi connectivity index (χ1n) is 9.99. The molecule has 162 valence electrons. The van der Waals surface area contributed by atoms with Crippen molar-refractivity contribution in [2.75, 3.05) is 19.0 Å². The predicted octanol–water partition coefficient (Wildman–Crippen LogP) is 5.44. The Kier molecular flexibility index (Phi) is 6.49. The van der Waals surface area contributed by atoms with Gasteiger partial charge in [-0.05, 0) is 47.9 Å². The molecule has 1 heterocycles. The molecule has 1 aliphatic rings. The maximum absolute atomic E-state index is 13.4. The SMILES string of the molecule is COc1ccc(Cl)cc1NC1=C(c2ccc(Cl)cc2)C(=O)N(CCc2ccccc2)C1=O. The van der Waals surface area contributed by atoms with Gasteiger partial charge in [-0.2, -0.15) is 0 Å². The van der Waals surface area contributed by atoms with Crippen molar-refractivity contribution in [3.8, 4) is 5.75 Å². The first-order valence-corrected chi connectivity index (χ1v) is 10.7. The highest BCUT2D eigenvalue weighted by molar-refractivity contribution is 6.37. The molecule has 32 heavy (non-hydrogen) atoms. The average molecular weight is 467 g/mol. The van der Waals surface area contributed by atoms with Gasteiger partial charge in [-0.25, -0.2) is 0 Å². The molecule has 7 heteroatoms. The number of methoxy groups -OCH3 is 1. The Balaban J connectivity index is 1.71. The summed E-state index contributed by atoms with van der Waals surface area (Å²) < 4.78 is 5.39. The number of carbonyl (C=O) groups excluding carboxylic acids is 2. The molecule has 0 radical (unpaired) electrons. The number of ether oxygens (including phenoxy) is 1. The third-order valence-corrected chi connectivity index (χ3v) is 5.68. The molecule has 4 rings (SSSR count). The van der Waals surface area contributed by atoms with Crippen LogP contribution in [-0.4, -0.2) is 30.4 Å². The number of halogens is 2. The minimum absolute atomic E-state index is 0.172. The summed E-state index contributed by atoms with van der Waals surface area (Å²) in [6.45, 7) is 0.261. The number of imide groups is 1. The molecule has 3 aromatic rings. The molecule has 5 nitrogen and oxygen atoms in total. The predicted molar refractivity (Wildman–Crippen MR) is 127 cm³/mol. The fraction of sp³-hybridized carbons (Fsp3) is 0.120. The van der Waals surface area contributed by atoms with Gasteiger partial charge in [0.1, 0.15) is 11.4 Å². The van der Waals surface area contributed by atoms with E-state index in [1.54, 1.807) is 42.5 Å². The van der Waals surface area contributed by atoms with E-state index in [0.717, 1.165) is 5.56 Å². The quantitative estimate of drug-likeness (QED) is 0.471. The van der Waals surface area contributed by atoms with Gasteiger partial charge in [0.2, 0.25) is 0 Å². The molecular formula is C25H20Cl2N2O3. The molecule has 0 aromatic heterocycles. The Labute approximate surface area is 196 Å². The van der Waals surface area contributed by atoms with Gasteiger partial charge in [0.15, 0.2) is 0 Å². The number of hydrogen-bond acceptors (Lipinski definition) is 4. The van der Waals surface area contributed by atoms with Crippen molar-refractivity contribution < 1.29 is 14.3 Å². The van der Waals surface area contributed by atoms with E-state index in [4.69, 9.17) is 27.9 Å². The van der Waals surface area contributed by atoms with Gasteiger partial charge in [0, 0.05) is 16.6 Å². The summed E-state index contributed by atoms with van der Waals surface area (Å²) in [4.78, 5) is 28.0. The Morgan fingerprint density at radius 3 is 2.25 bits per heavy atom. The number of benzene rings is 3. The van der Waals surface area contributed by atoms with Crippen LogP contribution in [0, 0.1) is 0 Å². The van der Waals surface area contributed by atoms with Gasteiger partial charge in [0.25, 0.3) is 11.8 Å². The van der Waals surface area contributed by atoms with E-state index >= 15 is 0 Å². The molecule has 0 saturated carbocycles. The van der Waals surface area contributed by atoms with Crippen LogP contribution in [0.3, 0.4) is 0 Å². The van der Waals surface area contributed by atoms with Gasteiger partial charge in [-0.3, -0.25) is 14.5 Å². The van der Waals surface area contributed by atoms with Crippen LogP contribution in [0.1, 0.15) is 11.1 Å². The van der Waals surface area contributed by atoms with Crippen LogP contribution in [-0.2, 0) is 16.0 Å². The van der Waals surface area contributed by atoms with Crippen molar-refractivity contribution >= 4 is 46.3 Å². The highest BCUT2D eigenvalue weighted by Crippen LogP contribution is 2.35. The van der Waals surface area contributed by atoms with E-state index in [-0.39, 0.29) is 23.7 Å². The number of rotatable bonds is 7. The molecule has 0 aliphatic carbocycles. The highest BCUT2D eigenvalue weighted by Gasteiger charge is 2.39. The highest BCUT2D eigenvalue weighted by atomic mass is 35.5. The minimum Gasteiger partial charge on any atom is -0.495 e. The van der Waals surface area contributed by atoms with Gasteiger partial charge < -0.3 is 10.1 Å². The average Bonchev–Trinajstić information content (AvgIpc) is 3.03. The molecule has 2 amide bonds. The van der Waals surface area contributed by atoms with Crippen molar-refractivity contribution in [1.82, 2.24) is 4.90 Å². The zero-order valence-electron chi connectivity index (χ0n) is 17.3. The second kappa shape index (κ2) is 9.47. The van der Waals surface area contributed by atoms with Gasteiger partial charge in [-0.15, -0.1) is 0 Å². The number of nitrogens with zero attached hydrogens (tertiary/aromatic N) is 1. The van der Waals surface area contributed by atoms with Crippen LogP contribution in [0.5, 0.6) is 5.75 Å². The minimum atomic E-state index is -0.405. The summed E-state index contributed by atoms with van der Waals surface area (Å²) in [5.74, 6) is -0.269. The molecule has 3 aromatic carbocycles. The number of anilines is 1. The van der Waals surface area contributed by atoms with Gasteiger partial charge in [-0.1, -0.05) is 65.7 Å². The van der Waals surface area contributed by atoms with Crippen LogP contribution in [0.15, 0.2) is 78.5 Å². The molecule has 0 atom stereocenters. The summed E-state index contributed by atoms with van der Waals surface area (Å²) in [6.07, 6.45) is 0.556. The molecule has 0 fully saturated rings. The molecule has 0 spiro atoms. The molecule has 0 bridgehead atoms. The second-order valence-corrected chi connectivity index (χ2v) is 8.10. The number of nitrogens with one attached hydrogen (secondary N) is 1. The lowest BCUT2D eigenvalue weighted by Gasteiger charge is -2.16. The largest absolute Gasteiger partial charge is 0.495 e. The lowest BCUT2D eigenvalue weighted by atomic mass is 10.0. The Hall–Kier alpha value is -3.28. The number of amides is 2. The maximum atomic E-state index is 13.4. The smallest absolute Gasteiger partial charge is 0.278 e. The molecule has 1 aliphatic heterocycles. The van der Waals surface area contributed by atoms with E-state index < -0.39 is 5.91 Å². The van der Waals surface area contributed by atoms with E-state index in [1.165, 1.54) is 12.0 Å². The zero-order valence-corrected chi connectivity index (χ0v) is 18.8. The van der Waals surface area contributed by atoms with Crippen LogP contribution in [0.25, 0.3) is 5.57 Å². The Morgan fingerprint density at radius 2 is 1.56 bits per heavy atom. The van der Waals surface area contributed by atoms with E-state index in [2.05, 4.69) is 5.32 Å². The fourth-order valence-electron chi connectivity index (χ4n) is 3.58. The Bertz CT molecular complexity index is 1190. The third kappa shape index (κ3) is 4.49. The number of carbonyl (C=O) groups is 2. The standard InChI is InChI=1S/C25H20Cl2N2O3/c1-32-21-12-11-19(27)15-20(21)28-23-22(17-7-9-18(26)10-8-17)24(30)29(25(23)31)14-13-16-5-3-2-4-6-16/h2-12,15,28H,13-14H2,1H3. The maximum Gasteiger partial charge on any atom is 0.278 e. The first kappa shape index (κ1) is 21.9. The summed E-state index contributed by atoms with van der Waals surface area (Å²) in [5.41, 5.74) is 2.58. The second-order valence-electron chi connectivity index (χ2n) is 7.22. The van der Waals surface area contributed by atoms with Gasteiger partial charge >= 0.3 is 0 Å². The number of hydrogen-bond donors (Lipinski definition) is 1. The monoisotopic (exact) mass is 466 g/mol. The molecule has 0 unspecified atom stereocenters. The van der Waals surface area contributed by atoms with Crippen molar-refractivity contribution in [3.63, 3.8) is 0 Å². The normalized spacial score (nSPS) is 13.7. The lowest BCUT2D eigenvalue weighted by molar-refractivity contribution is -0.136. The zero-order chi connectivity index (χ0) is 22.7. The van der Waals surface area contributed by atoms with Crippen LogP contribution < -0.4 is 10.1 Å². The first-order chi connectivity index (χ1) is 15.5. The lowest BCUT2D eigenvalue weighted by Crippen LogP contribution is -2.34. The topological polar surface area (TPSA) is 58.6 Å². The van der Waals surface area contributed by atoms with E-state index in [9.17, 15) is 9.59 Å². The van der Waals surface area contributed by atoms with E-state index in [0.29, 0.717) is 33.5 Å². The van der Waals surface area contributed by atoms with Crippen molar-refractivity contribution in [3.05, 3.63) is 99.7 Å². The Morgan fingerprint density at radius 1 is 0.875 bits per heavy atom. The van der Waals surface area contributed by atoms with Crippen molar-refractivity contribution in [2.24, 2.45) is 0 Å². The van der Waals surface area contributed by atoms with Crippen molar-refractivity contribution in [1.29, 1.82) is 0 Å². The van der Waals surface area contributed by atoms with Crippen LogP contribution >= 0.6 is 23.2 Å². The summed E-state index contributed by atoms with van der Waals surface area (Å²) in [6, 6.07) is 21.6. The summed E-state index contributed by atoms with van der Waals surface area (Å²) in [5, 5.41) is 4.11. The molecule has 1 N–H and O–H groups in total. The molecule has 0 saturated heterocycles.